The van der Waals surface area contributed by atoms with Gasteiger partial charge in [-0.1, -0.05) is 44.3 Å². The lowest BCUT2D eigenvalue weighted by Crippen LogP contribution is -2.23. The fourth-order valence-corrected chi connectivity index (χ4v) is 2.32. The number of hydrogen-bond acceptors (Lipinski definition) is 2. The molecule has 0 saturated heterocycles. The predicted octanol–water partition coefficient (Wildman–Crippen LogP) is 2.64. The van der Waals surface area contributed by atoms with Gasteiger partial charge in [-0.15, -0.1) is 9.45 Å². The second kappa shape index (κ2) is 10.1. The van der Waals surface area contributed by atoms with Crippen LogP contribution in [0.3, 0.4) is 0 Å². The van der Waals surface area contributed by atoms with Gasteiger partial charge in [-0.3, -0.25) is 0 Å². The van der Waals surface area contributed by atoms with Crippen LogP contribution in [0.25, 0.3) is 0 Å². The van der Waals surface area contributed by atoms with E-state index < -0.39 is 0 Å². The van der Waals surface area contributed by atoms with Gasteiger partial charge in [0.2, 0.25) is 0 Å². The van der Waals surface area contributed by atoms with Crippen LogP contribution in [-0.2, 0) is 20.6 Å². The molecule has 0 fully saturated rings. The molecule has 0 heterocycles. The van der Waals surface area contributed by atoms with Crippen molar-refractivity contribution in [3.05, 3.63) is 0 Å². The van der Waals surface area contributed by atoms with Crippen molar-refractivity contribution in [2.75, 3.05) is 18.6 Å². The molecule has 1 atom stereocenters. The van der Waals surface area contributed by atoms with Crippen LogP contribution in [0.15, 0.2) is 0 Å². The van der Waals surface area contributed by atoms with Gasteiger partial charge in [-0.05, 0) is 31.4 Å². The molecule has 86 valence electrons. The Bertz CT molecular complexity index is 146. The summed E-state index contributed by atoms with van der Waals surface area (Å²) in [7, 11) is 0.240. The van der Waals surface area contributed by atoms with Crippen molar-refractivity contribution in [3.63, 3.8) is 0 Å². The Balaban J connectivity index is 2.96. The van der Waals surface area contributed by atoms with E-state index in [1.165, 1.54) is 44.4 Å². The molecule has 1 unspecified atom stereocenters. The molecule has 1 N–H and O–H groups in total. The summed E-state index contributed by atoms with van der Waals surface area (Å²) in [5, 5.41) is 3.44. The van der Waals surface area contributed by atoms with Crippen LogP contribution in [0.4, 0.5) is 0 Å². The van der Waals surface area contributed by atoms with E-state index in [2.05, 4.69) is 25.4 Å². The van der Waals surface area contributed by atoms with Crippen LogP contribution in [0.2, 0.25) is 0 Å². The quantitative estimate of drug-likeness (QED) is 0.617. The van der Waals surface area contributed by atoms with Crippen LogP contribution in [0.1, 0.15) is 46.0 Å². The van der Waals surface area contributed by atoms with Crippen LogP contribution < -0.4 is 5.32 Å². The highest BCUT2D eigenvalue weighted by Gasteiger charge is 1.93. The third-order valence-corrected chi connectivity index (χ3v) is 3.52. The van der Waals surface area contributed by atoms with Crippen molar-refractivity contribution in [3.8, 4) is 0 Å². The summed E-state index contributed by atoms with van der Waals surface area (Å²) >= 11 is 5.14. The molecular weight excluding hydrogens is 210 g/mol. The third-order valence-electron chi connectivity index (χ3n) is 2.16. The van der Waals surface area contributed by atoms with Gasteiger partial charge < -0.3 is 5.32 Å². The SMILES string of the molecule is CC(C)NCCCCCCCS(C)=S. The van der Waals surface area contributed by atoms with Crippen LogP contribution >= 0.6 is 0 Å². The highest BCUT2D eigenvalue weighted by Crippen LogP contribution is 2.03. The molecule has 0 amide bonds. The molecule has 0 aromatic heterocycles. The second-order valence-electron chi connectivity index (χ2n) is 4.15. The van der Waals surface area contributed by atoms with Crippen molar-refractivity contribution in [1.82, 2.24) is 5.32 Å². The highest BCUT2D eigenvalue weighted by molar-refractivity contribution is 8.28. The number of hydrogen-bond donors (Lipinski definition) is 1. The maximum absolute atomic E-state index is 5.14. The molecule has 0 aliphatic heterocycles. The lowest BCUT2D eigenvalue weighted by atomic mass is 10.1. The Hall–Kier alpha value is 0.530. The molecule has 0 bridgehead atoms. The molecule has 0 rings (SSSR count). The van der Waals surface area contributed by atoms with E-state index in [0.717, 1.165) is 0 Å². The van der Waals surface area contributed by atoms with Gasteiger partial charge in [0, 0.05) is 6.04 Å². The van der Waals surface area contributed by atoms with E-state index >= 15 is 0 Å². The van der Waals surface area contributed by atoms with Gasteiger partial charge in [0.05, 0.1) is 0 Å². The van der Waals surface area contributed by atoms with Gasteiger partial charge in [0.25, 0.3) is 0 Å². The predicted molar refractivity (Wildman–Crippen MR) is 71.7 cm³/mol. The summed E-state index contributed by atoms with van der Waals surface area (Å²) in [4.78, 5) is 0. The lowest BCUT2D eigenvalue weighted by Gasteiger charge is -2.07. The average molecular weight is 235 g/mol. The Morgan fingerprint density at radius 2 is 1.64 bits per heavy atom. The Morgan fingerprint density at radius 3 is 2.21 bits per heavy atom. The molecular formula is C11H25NS2. The van der Waals surface area contributed by atoms with Gasteiger partial charge in [-0.25, -0.2) is 0 Å². The fourth-order valence-electron chi connectivity index (χ4n) is 1.35. The lowest BCUT2D eigenvalue weighted by molar-refractivity contribution is 0.540. The summed E-state index contributed by atoms with van der Waals surface area (Å²) in [5.41, 5.74) is 0. The zero-order valence-corrected chi connectivity index (χ0v) is 11.5. The maximum Gasteiger partial charge on any atom is 0.00103 e. The minimum absolute atomic E-state index is 0.240. The minimum atomic E-state index is 0.240. The molecule has 0 aromatic rings. The molecule has 14 heavy (non-hydrogen) atoms. The van der Waals surface area contributed by atoms with E-state index in [-0.39, 0.29) is 9.45 Å². The van der Waals surface area contributed by atoms with Crippen LogP contribution in [-0.4, -0.2) is 24.6 Å². The first-order chi connectivity index (χ1) is 6.63. The topological polar surface area (TPSA) is 12.0 Å². The largest absolute Gasteiger partial charge is 0.315 e. The zero-order chi connectivity index (χ0) is 10.8. The maximum atomic E-state index is 5.14. The molecule has 0 saturated carbocycles. The van der Waals surface area contributed by atoms with Crippen LogP contribution in [0.5, 0.6) is 0 Å². The first-order valence-electron chi connectivity index (χ1n) is 5.66. The Morgan fingerprint density at radius 1 is 1.07 bits per heavy atom. The molecule has 1 nitrogen and oxygen atoms in total. The first-order valence-corrected chi connectivity index (χ1v) is 8.39. The van der Waals surface area contributed by atoms with Crippen molar-refractivity contribution in [2.45, 2.75) is 52.0 Å². The number of rotatable bonds is 9. The standard InChI is InChI=1S/C11H25NS2/c1-11(2)12-9-7-5-4-6-8-10-14(3)13/h11-12H,4-10H2,1-3H3. The van der Waals surface area contributed by atoms with Gasteiger partial charge in [-0.2, -0.15) is 0 Å². The first kappa shape index (κ1) is 14.5. The van der Waals surface area contributed by atoms with Gasteiger partial charge in [0.15, 0.2) is 0 Å². The van der Waals surface area contributed by atoms with E-state index in [0.29, 0.717) is 6.04 Å². The summed E-state index contributed by atoms with van der Waals surface area (Å²) in [6.45, 7) is 5.58. The fraction of sp³-hybridized carbons (Fsp3) is 1.00. The monoisotopic (exact) mass is 235 g/mol. The summed E-state index contributed by atoms with van der Waals surface area (Å²) in [5.74, 6) is 1.25. The third kappa shape index (κ3) is 12.5. The smallest absolute Gasteiger partial charge is 0.00103 e. The molecule has 0 aliphatic carbocycles. The molecule has 0 aliphatic rings. The number of nitrogens with one attached hydrogen (secondary N) is 1. The van der Waals surface area contributed by atoms with Crippen molar-refractivity contribution in [1.29, 1.82) is 0 Å². The summed E-state index contributed by atoms with van der Waals surface area (Å²) < 4.78 is 0. The van der Waals surface area contributed by atoms with E-state index in [4.69, 9.17) is 11.2 Å². The Labute approximate surface area is 96.6 Å². The molecule has 0 radical (unpaired) electrons. The average Bonchev–Trinajstić information content (AvgIpc) is 2.08. The van der Waals surface area contributed by atoms with Crippen molar-refractivity contribution < 1.29 is 0 Å². The molecule has 0 aromatic carbocycles. The van der Waals surface area contributed by atoms with E-state index in [1.54, 1.807) is 0 Å². The Kier molecular flexibility index (Phi) is 10.4. The highest BCUT2D eigenvalue weighted by atomic mass is 32.8. The van der Waals surface area contributed by atoms with E-state index in [9.17, 15) is 0 Å². The molecule has 3 heteroatoms. The van der Waals surface area contributed by atoms with Crippen molar-refractivity contribution in [2.24, 2.45) is 0 Å². The van der Waals surface area contributed by atoms with E-state index in [1.807, 2.05) is 0 Å². The summed E-state index contributed by atoms with van der Waals surface area (Å²) in [6, 6.07) is 0.636. The zero-order valence-electron chi connectivity index (χ0n) is 9.84. The normalized spacial score (nSPS) is 13.4. The van der Waals surface area contributed by atoms with Gasteiger partial charge in [0.1, 0.15) is 0 Å². The molecule has 0 spiro atoms. The van der Waals surface area contributed by atoms with Crippen LogP contribution in [0, 0.1) is 0 Å². The van der Waals surface area contributed by atoms with Crippen molar-refractivity contribution >= 4 is 20.6 Å². The number of unbranched alkanes of at least 4 members (excludes halogenated alkanes) is 4. The summed E-state index contributed by atoms with van der Waals surface area (Å²) in [6.07, 6.45) is 8.93. The minimum Gasteiger partial charge on any atom is -0.315 e. The second-order valence-corrected chi connectivity index (χ2v) is 7.42. The van der Waals surface area contributed by atoms with Gasteiger partial charge >= 0.3 is 0 Å².